The molecule has 0 N–H and O–H groups in total. The van der Waals surface area contributed by atoms with Gasteiger partial charge < -0.3 is 0 Å². The lowest BCUT2D eigenvalue weighted by Gasteiger charge is -2.03. The van der Waals surface area contributed by atoms with E-state index in [9.17, 15) is 4.39 Å². The van der Waals surface area contributed by atoms with Crippen molar-refractivity contribution in [3.63, 3.8) is 0 Å². The minimum atomic E-state index is -0.251. The highest BCUT2D eigenvalue weighted by molar-refractivity contribution is 5.59. The van der Waals surface area contributed by atoms with E-state index >= 15 is 0 Å². The average Bonchev–Trinajstić information content (AvgIpc) is 2.75. The topological polar surface area (TPSA) is 30.2 Å². The van der Waals surface area contributed by atoms with Crippen LogP contribution in [0, 0.1) is 12.7 Å². The van der Waals surface area contributed by atoms with Crippen molar-refractivity contribution in [1.82, 2.24) is 14.6 Å². The minimum absolute atomic E-state index is 0.251. The lowest BCUT2D eigenvalue weighted by atomic mass is 10.2. The SMILES string of the molecule is Cc1cccc2nnc(-c3ccc(F)cc3)n12. The Morgan fingerprint density at radius 2 is 1.76 bits per heavy atom. The van der Waals surface area contributed by atoms with Crippen molar-refractivity contribution in [3.8, 4) is 11.4 Å². The summed E-state index contributed by atoms with van der Waals surface area (Å²) in [5, 5.41) is 8.24. The van der Waals surface area contributed by atoms with Gasteiger partial charge in [0.05, 0.1) is 0 Å². The van der Waals surface area contributed by atoms with Crippen molar-refractivity contribution < 1.29 is 4.39 Å². The molecule has 0 saturated heterocycles. The maximum absolute atomic E-state index is 12.9. The van der Waals surface area contributed by atoms with Gasteiger partial charge in [-0.3, -0.25) is 4.40 Å². The van der Waals surface area contributed by atoms with E-state index in [0.717, 1.165) is 22.7 Å². The van der Waals surface area contributed by atoms with Crippen molar-refractivity contribution in [2.75, 3.05) is 0 Å². The Morgan fingerprint density at radius 3 is 2.53 bits per heavy atom. The molecule has 0 atom stereocenters. The van der Waals surface area contributed by atoms with E-state index in [1.54, 1.807) is 12.1 Å². The van der Waals surface area contributed by atoms with Gasteiger partial charge in [0.1, 0.15) is 5.82 Å². The van der Waals surface area contributed by atoms with Crippen LogP contribution in [0.1, 0.15) is 5.69 Å². The molecule has 3 rings (SSSR count). The standard InChI is InChI=1S/C13H10FN3/c1-9-3-2-4-12-15-16-13(17(9)12)10-5-7-11(14)8-6-10/h2-8H,1H3. The largest absolute Gasteiger partial charge is 0.280 e. The van der Waals surface area contributed by atoms with Crippen molar-refractivity contribution in [3.05, 3.63) is 54.0 Å². The van der Waals surface area contributed by atoms with Crippen LogP contribution in [0.4, 0.5) is 4.39 Å². The summed E-state index contributed by atoms with van der Waals surface area (Å²) in [7, 11) is 0. The highest BCUT2D eigenvalue weighted by Crippen LogP contribution is 2.19. The molecule has 3 aromatic rings. The van der Waals surface area contributed by atoms with Crippen LogP contribution in [-0.2, 0) is 0 Å². The first-order chi connectivity index (χ1) is 8.25. The fraction of sp³-hybridized carbons (Fsp3) is 0.0769. The van der Waals surface area contributed by atoms with Gasteiger partial charge in [-0.25, -0.2) is 4.39 Å². The van der Waals surface area contributed by atoms with Crippen LogP contribution in [0.3, 0.4) is 0 Å². The summed E-state index contributed by atoms with van der Waals surface area (Å²) in [5.74, 6) is 0.484. The third-order valence-corrected chi connectivity index (χ3v) is 2.73. The number of fused-ring (bicyclic) bond motifs is 1. The van der Waals surface area contributed by atoms with Crippen molar-refractivity contribution in [2.24, 2.45) is 0 Å². The number of hydrogen-bond donors (Lipinski definition) is 0. The van der Waals surface area contributed by atoms with Crippen molar-refractivity contribution >= 4 is 5.65 Å². The molecule has 0 saturated carbocycles. The van der Waals surface area contributed by atoms with E-state index in [4.69, 9.17) is 0 Å². The number of nitrogens with zero attached hydrogens (tertiary/aromatic N) is 3. The molecule has 0 bridgehead atoms. The van der Waals surface area contributed by atoms with E-state index < -0.39 is 0 Å². The molecule has 2 heterocycles. The number of aryl methyl sites for hydroxylation is 1. The molecular formula is C13H10FN3. The molecule has 2 aromatic heterocycles. The summed E-state index contributed by atoms with van der Waals surface area (Å²) in [6.45, 7) is 1.99. The third kappa shape index (κ3) is 1.58. The molecule has 0 spiro atoms. The van der Waals surface area contributed by atoms with E-state index in [1.165, 1.54) is 12.1 Å². The fourth-order valence-electron chi connectivity index (χ4n) is 1.89. The van der Waals surface area contributed by atoms with Gasteiger partial charge in [-0.15, -0.1) is 10.2 Å². The zero-order chi connectivity index (χ0) is 11.8. The van der Waals surface area contributed by atoms with Gasteiger partial charge in [-0.05, 0) is 43.3 Å². The Labute approximate surface area is 97.5 Å². The van der Waals surface area contributed by atoms with Crippen molar-refractivity contribution in [1.29, 1.82) is 0 Å². The molecule has 0 fully saturated rings. The normalized spacial score (nSPS) is 10.9. The maximum Gasteiger partial charge on any atom is 0.168 e. The highest BCUT2D eigenvalue weighted by atomic mass is 19.1. The predicted octanol–water partition coefficient (Wildman–Crippen LogP) is 2.84. The number of halogens is 1. The first-order valence-electron chi connectivity index (χ1n) is 5.32. The van der Waals surface area contributed by atoms with Crippen LogP contribution in [0.25, 0.3) is 17.0 Å². The second-order valence-corrected chi connectivity index (χ2v) is 3.89. The van der Waals surface area contributed by atoms with Crippen LogP contribution in [0.2, 0.25) is 0 Å². The van der Waals surface area contributed by atoms with Crippen LogP contribution >= 0.6 is 0 Å². The second-order valence-electron chi connectivity index (χ2n) is 3.89. The molecule has 0 radical (unpaired) electrons. The molecule has 1 aromatic carbocycles. The average molecular weight is 227 g/mol. The molecule has 0 aliphatic heterocycles. The summed E-state index contributed by atoms with van der Waals surface area (Å²) < 4.78 is 14.8. The second kappa shape index (κ2) is 3.66. The summed E-state index contributed by atoms with van der Waals surface area (Å²) >= 11 is 0. The van der Waals surface area contributed by atoms with Gasteiger partial charge in [-0.1, -0.05) is 6.07 Å². The van der Waals surface area contributed by atoms with Crippen LogP contribution in [-0.4, -0.2) is 14.6 Å². The molecule has 0 aliphatic rings. The lowest BCUT2D eigenvalue weighted by Crippen LogP contribution is -1.93. The van der Waals surface area contributed by atoms with E-state index in [2.05, 4.69) is 10.2 Å². The molecule has 0 amide bonds. The Balaban J connectivity index is 2.27. The zero-order valence-electron chi connectivity index (χ0n) is 9.26. The predicted molar refractivity (Wildman–Crippen MR) is 63.1 cm³/mol. The summed E-state index contributed by atoms with van der Waals surface area (Å²) in [6.07, 6.45) is 0. The van der Waals surface area contributed by atoms with Crippen LogP contribution in [0.15, 0.2) is 42.5 Å². The third-order valence-electron chi connectivity index (χ3n) is 2.73. The lowest BCUT2D eigenvalue weighted by molar-refractivity contribution is 0.628. The minimum Gasteiger partial charge on any atom is -0.280 e. The molecule has 0 aliphatic carbocycles. The fourth-order valence-corrected chi connectivity index (χ4v) is 1.89. The maximum atomic E-state index is 12.9. The number of hydrogen-bond acceptors (Lipinski definition) is 2. The monoisotopic (exact) mass is 227 g/mol. The van der Waals surface area contributed by atoms with Gasteiger partial charge in [0.2, 0.25) is 0 Å². The molecule has 3 nitrogen and oxygen atoms in total. The van der Waals surface area contributed by atoms with Gasteiger partial charge in [0.25, 0.3) is 0 Å². The smallest absolute Gasteiger partial charge is 0.168 e. The molecular weight excluding hydrogens is 217 g/mol. The zero-order valence-corrected chi connectivity index (χ0v) is 9.26. The summed E-state index contributed by atoms with van der Waals surface area (Å²) in [6, 6.07) is 12.1. The van der Waals surface area contributed by atoms with Gasteiger partial charge >= 0.3 is 0 Å². The molecule has 17 heavy (non-hydrogen) atoms. The first-order valence-corrected chi connectivity index (χ1v) is 5.32. The Hall–Kier alpha value is -2.23. The highest BCUT2D eigenvalue weighted by Gasteiger charge is 2.09. The van der Waals surface area contributed by atoms with Gasteiger partial charge in [-0.2, -0.15) is 0 Å². The Morgan fingerprint density at radius 1 is 1.00 bits per heavy atom. The van der Waals surface area contributed by atoms with Crippen molar-refractivity contribution in [2.45, 2.75) is 6.92 Å². The van der Waals surface area contributed by atoms with Crippen LogP contribution < -0.4 is 0 Å². The summed E-state index contributed by atoms with van der Waals surface area (Å²) in [5.41, 5.74) is 2.70. The van der Waals surface area contributed by atoms with E-state index in [-0.39, 0.29) is 5.82 Å². The number of pyridine rings is 1. The first kappa shape index (κ1) is 9.96. The Kier molecular flexibility index (Phi) is 2.14. The summed E-state index contributed by atoms with van der Waals surface area (Å²) in [4.78, 5) is 0. The number of aromatic nitrogens is 3. The van der Waals surface area contributed by atoms with Gasteiger partial charge in [0.15, 0.2) is 11.5 Å². The van der Waals surface area contributed by atoms with Gasteiger partial charge in [0, 0.05) is 11.3 Å². The molecule has 0 unspecified atom stereocenters. The quantitative estimate of drug-likeness (QED) is 0.640. The number of benzene rings is 1. The van der Waals surface area contributed by atoms with E-state index in [0.29, 0.717) is 0 Å². The van der Waals surface area contributed by atoms with E-state index in [1.807, 2.05) is 29.5 Å². The molecule has 4 heteroatoms. The van der Waals surface area contributed by atoms with Crippen LogP contribution in [0.5, 0.6) is 0 Å². The number of rotatable bonds is 1. The molecule has 84 valence electrons. The Bertz CT molecular complexity index is 671.